The van der Waals surface area contributed by atoms with Gasteiger partial charge in [-0.15, -0.1) is 0 Å². The van der Waals surface area contributed by atoms with Crippen LogP contribution in [0.1, 0.15) is 5.56 Å². The highest BCUT2D eigenvalue weighted by Crippen LogP contribution is 2.39. The first-order valence-corrected chi connectivity index (χ1v) is 17.5. The average Bonchev–Trinajstić information content (AvgIpc) is 3.76. The maximum Gasteiger partial charge on any atom is 0.188 e. The van der Waals surface area contributed by atoms with Gasteiger partial charge in [-0.1, -0.05) is 103 Å². The van der Waals surface area contributed by atoms with E-state index >= 15 is 0 Å². The van der Waals surface area contributed by atoms with Gasteiger partial charge < -0.3 is 9.13 Å². The molecule has 0 radical (unpaired) electrons. The van der Waals surface area contributed by atoms with Crippen LogP contribution in [-0.2, 0) is 0 Å². The first-order valence-electron chi connectivity index (χ1n) is 17.5. The van der Waals surface area contributed by atoms with Crippen LogP contribution in [0.2, 0.25) is 0 Å². The summed E-state index contributed by atoms with van der Waals surface area (Å²) in [5.74, 6) is 1.70. The molecule has 0 atom stereocenters. The zero-order valence-corrected chi connectivity index (χ0v) is 28.7. The molecule has 0 spiro atoms. The minimum absolute atomic E-state index is 0.536. The van der Waals surface area contributed by atoms with Gasteiger partial charge in [0.2, 0.25) is 0 Å². The van der Waals surface area contributed by atoms with E-state index in [0.29, 0.717) is 28.7 Å². The van der Waals surface area contributed by atoms with E-state index in [-0.39, 0.29) is 0 Å². The van der Waals surface area contributed by atoms with E-state index in [1.807, 2.05) is 121 Å². The van der Waals surface area contributed by atoms with E-state index in [0.717, 1.165) is 71.7 Å². The number of rotatable bonds is 5. The van der Waals surface area contributed by atoms with E-state index in [4.69, 9.17) is 21.5 Å². The number of para-hydroxylation sites is 2. The summed E-state index contributed by atoms with van der Waals surface area (Å²) in [6.45, 7) is 7.72. The van der Waals surface area contributed by atoms with Crippen LogP contribution in [0.3, 0.4) is 0 Å². The fourth-order valence-electron chi connectivity index (χ4n) is 7.55. The number of nitriles is 1. The van der Waals surface area contributed by atoms with E-state index in [9.17, 15) is 5.26 Å². The maximum absolute atomic E-state index is 9.82. The number of fused-ring (bicyclic) bond motifs is 6. The van der Waals surface area contributed by atoms with Crippen molar-refractivity contribution in [3.05, 3.63) is 181 Å². The van der Waals surface area contributed by atoms with Crippen molar-refractivity contribution in [2.24, 2.45) is 0 Å². The SMILES string of the molecule is [C-]#[N+]c1ccc2c(c1)c1ccccc1n2-c1cc(-c2nc(-c3ccccc3)nc(-c3ccccc3)n2)cc(-n2c3ccccc3c3cc(C#N)ccc32)c1. The van der Waals surface area contributed by atoms with E-state index < -0.39 is 0 Å². The molecule has 0 saturated heterocycles. The van der Waals surface area contributed by atoms with Crippen molar-refractivity contribution in [2.75, 3.05) is 0 Å². The van der Waals surface area contributed by atoms with Crippen LogP contribution in [0.15, 0.2) is 164 Å². The van der Waals surface area contributed by atoms with Crippen molar-refractivity contribution < 1.29 is 0 Å². The third-order valence-corrected chi connectivity index (χ3v) is 9.96. The molecular formula is C47H27N7. The van der Waals surface area contributed by atoms with E-state index in [2.05, 4.69) is 62.5 Å². The fraction of sp³-hybridized carbons (Fsp3) is 0. The monoisotopic (exact) mass is 689 g/mol. The second-order valence-electron chi connectivity index (χ2n) is 13.1. The lowest BCUT2D eigenvalue weighted by molar-refractivity contribution is 1.07. The second-order valence-corrected chi connectivity index (χ2v) is 13.1. The van der Waals surface area contributed by atoms with Crippen molar-refractivity contribution in [3.8, 4) is 51.6 Å². The van der Waals surface area contributed by atoms with Gasteiger partial charge >= 0.3 is 0 Å². The predicted octanol–water partition coefficient (Wildman–Crippen LogP) is 11.5. The third-order valence-electron chi connectivity index (χ3n) is 9.96. The topological polar surface area (TPSA) is 76.7 Å². The molecule has 0 aliphatic rings. The lowest BCUT2D eigenvalue weighted by Crippen LogP contribution is -2.03. The molecule has 3 aromatic heterocycles. The first kappa shape index (κ1) is 30.9. The Bertz CT molecular complexity index is 2970. The molecule has 0 unspecified atom stereocenters. The van der Waals surface area contributed by atoms with E-state index in [1.165, 1.54) is 0 Å². The Kier molecular flexibility index (Phi) is 7.11. The molecule has 7 aromatic carbocycles. The van der Waals surface area contributed by atoms with Crippen molar-refractivity contribution in [3.63, 3.8) is 0 Å². The Hall–Kier alpha value is -7.87. The molecule has 0 saturated carbocycles. The molecule has 10 aromatic rings. The van der Waals surface area contributed by atoms with Crippen LogP contribution >= 0.6 is 0 Å². The molecule has 7 nitrogen and oxygen atoms in total. The molecule has 0 fully saturated rings. The van der Waals surface area contributed by atoms with Crippen molar-refractivity contribution >= 4 is 49.3 Å². The van der Waals surface area contributed by atoms with Gasteiger partial charge in [0.25, 0.3) is 0 Å². The normalized spacial score (nSPS) is 11.3. The van der Waals surface area contributed by atoms with Crippen LogP contribution in [0.4, 0.5) is 5.69 Å². The standard InChI is InChI=1S/C47H27N7/c1-49-34-21-23-44-40(27-34)38-17-9-11-19-42(38)54(44)36-26-33(47-51-45(31-12-4-2-5-13-31)50-46(52-47)32-14-6-3-7-15-32)25-35(28-36)53-41-18-10-8-16-37(41)39-24-30(29-48)20-22-43(39)53/h2-28H. The summed E-state index contributed by atoms with van der Waals surface area (Å²) in [6.07, 6.45) is 0. The summed E-state index contributed by atoms with van der Waals surface area (Å²) in [6, 6.07) is 57.1. The fourth-order valence-corrected chi connectivity index (χ4v) is 7.55. The Balaban J connectivity index is 1.32. The maximum atomic E-state index is 9.82. The van der Waals surface area contributed by atoms with Crippen molar-refractivity contribution in [2.45, 2.75) is 0 Å². The summed E-state index contributed by atoms with van der Waals surface area (Å²) in [5.41, 5.74) is 9.60. The molecule has 0 N–H and O–H groups in total. The van der Waals surface area contributed by atoms with Gasteiger partial charge in [0.15, 0.2) is 23.2 Å². The van der Waals surface area contributed by atoms with Gasteiger partial charge in [0.1, 0.15) is 0 Å². The summed E-state index contributed by atoms with van der Waals surface area (Å²) < 4.78 is 4.51. The Morgan fingerprint density at radius 3 is 1.44 bits per heavy atom. The number of benzene rings is 7. The van der Waals surface area contributed by atoms with Gasteiger partial charge in [-0.3, -0.25) is 0 Å². The molecule has 0 aliphatic heterocycles. The van der Waals surface area contributed by atoms with Crippen molar-refractivity contribution in [1.82, 2.24) is 24.1 Å². The first-order chi connectivity index (χ1) is 26.7. The summed E-state index contributed by atoms with van der Waals surface area (Å²) in [7, 11) is 0. The zero-order valence-electron chi connectivity index (χ0n) is 28.7. The highest BCUT2D eigenvalue weighted by molar-refractivity contribution is 6.11. The highest BCUT2D eigenvalue weighted by Gasteiger charge is 2.20. The predicted molar refractivity (Wildman–Crippen MR) is 216 cm³/mol. The summed E-state index contributed by atoms with van der Waals surface area (Å²) >= 11 is 0. The van der Waals surface area contributed by atoms with Crippen LogP contribution in [0.25, 0.3) is 94.0 Å². The van der Waals surface area contributed by atoms with Crippen LogP contribution < -0.4 is 0 Å². The molecule has 3 heterocycles. The molecule has 0 bridgehead atoms. The Morgan fingerprint density at radius 2 is 0.907 bits per heavy atom. The van der Waals surface area contributed by atoms with Gasteiger partial charge in [-0.05, 0) is 66.0 Å². The van der Waals surface area contributed by atoms with E-state index in [1.54, 1.807) is 0 Å². The highest BCUT2D eigenvalue weighted by atomic mass is 15.0. The Labute approximate surface area is 310 Å². The average molecular weight is 690 g/mol. The molecular weight excluding hydrogens is 663 g/mol. The number of aromatic nitrogens is 5. The van der Waals surface area contributed by atoms with Gasteiger partial charge in [0, 0.05) is 44.2 Å². The molecule has 54 heavy (non-hydrogen) atoms. The van der Waals surface area contributed by atoms with Gasteiger partial charge in [0.05, 0.1) is 40.3 Å². The minimum Gasteiger partial charge on any atom is -0.309 e. The quantitative estimate of drug-likeness (QED) is 0.169. The smallest absolute Gasteiger partial charge is 0.188 e. The Morgan fingerprint density at radius 1 is 0.444 bits per heavy atom. The summed E-state index contributed by atoms with van der Waals surface area (Å²) in [4.78, 5) is 19.0. The molecule has 0 amide bonds. The number of hydrogen-bond donors (Lipinski definition) is 0. The largest absolute Gasteiger partial charge is 0.309 e. The van der Waals surface area contributed by atoms with Crippen molar-refractivity contribution in [1.29, 1.82) is 5.26 Å². The third kappa shape index (κ3) is 5.00. The van der Waals surface area contributed by atoms with Crippen LogP contribution in [-0.4, -0.2) is 24.1 Å². The van der Waals surface area contributed by atoms with Gasteiger partial charge in [-0.2, -0.15) is 5.26 Å². The lowest BCUT2D eigenvalue weighted by atomic mass is 10.1. The summed E-state index contributed by atoms with van der Waals surface area (Å²) in [5, 5.41) is 13.9. The van der Waals surface area contributed by atoms with Crippen LogP contribution in [0, 0.1) is 17.9 Å². The molecule has 250 valence electrons. The molecule has 10 rings (SSSR count). The van der Waals surface area contributed by atoms with Crippen LogP contribution in [0.5, 0.6) is 0 Å². The minimum atomic E-state index is 0.536. The number of hydrogen-bond acceptors (Lipinski definition) is 4. The molecule has 0 aliphatic carbocycles. The number of nitrogens with zero attached hydrogens (tertiary/aromatic N) is 7. The zero-order chi connectivity index (χ0) is 36.2. The van der Waals surface area contributed by atoms with Gasteiger partial charge in [-0.25, -0.2) is 19.8 Å². The second kappa shape index (κ2) is 12.4. The lowest BCUT2D eigenvalue weighted by Gasteiger charge is -2.16. The molecule has 7 heteroatoms.